The number of aliphatic hydroxyl groups excluding tert-OH is 1. The van der Waals surface area contributed by atoms with Crippen LogP contribution in [-0.2, 0) is 0 Å². The van der Waals surface area contributed by atoms with Crippen molar-refractivity contribution in [1.29, 1.82) is 0 Å². The fourth-order valence-electron chi connectivity index (χ4n) is 2.98. The highest BCUT2D eigenvalue weighted by molar-refractivity contribution is 5.37. The van der Waals surface area contributed by atoms with Gasteiger partial charge >= 0.3 is 0 Å². The maximum absolute atomic E-state index is 14.3. The van der Waals surface area contributed by atoms with E-state index in [4.69, 9.17) is 0 Å². The maximum Gasteiger partial charge on any atom is 0.116 e. The summed E-state index contributed by atoms with van der Waals surface area (Å²) in [5, 5.41) is 10.5. The molecule has 98 valence electrons. The van der Waals surface area contributed by atoms with E-state index in [2.05, 4.69) is 0 Å². The Bertz CT molecular complexity index is 510. The van der Waals surface area contributed by atoms with Crippen molar-refractivity contribution < 1.29 is 9.50 Å². The molecule has 4 atom stereocenters. The number of alkyl halides is 1. The zero-order valence-electron chi connectivity index (χ0n) is 10.8. The summed E-state index contributed by atoms with van der Waals surface area (Å²) < 4.78 is 14.3. The van der Waals surface area contributed by atoms with Crippen LogP contribution in [0.15, 0.2) is 60.7 Å². The highest BCUT2D eigenvalue weighted by atomic mass is 19.1. The summed E-state index contributed by atoms with van der Waals surface area (Å²) in [7, 11) is 0. The molecule has 0 saturated heterocycles. The molecule has 3 rings (SSSR count). The molecule has 0 aromatic heterocycles. The molecule has 0 radical (unpaired) electrons. The van der Waals surface area contributed by atoms with Gasteiger partial charge in [-0.1, -0.05) is 67.6 Å². The molecule has 1 aliphatic carbocycles. The highest BCUT2D eigenvalue weighted by Crippen LogP contribution is 2.66. The van der Waals surface area contributed by atoms with Gasteiger partial charge in [-0.05, 0) is 11.1 Å². The SMILES string of the molecule is C[C@]1([C@@H](O)c2ccccc2)[C@H](F)[C@@H]1c1ccccc1. The van der Waals surface area contributed by atoms with Crippen molar-refractivity contribution in [2.24, 2.45) is 5.41 Å². The molecular weight excluding hydrogens is 239 g/mol. The Kier molecular flexibility index (Phi) is 2.90. The van der Waals surface area contributed by atoms with Crippen molar-refractivity contribution >= 4 is 0 Å². The number of benzene rings is 2. The van der Waals surface area contributed by atoms with E-state index >= 15 is 0 Å². The van der Waals surface area contributed by atoms with E-state index < -0.39 is 17.7 Å². The highest BCUT2D eigenvalue weighted by Gasteiger charge is 2.67. The minimum absolute atomic E-state index is 0.219. The predicted octanol–water partition coefficient (Wildman–Crippen LogP) is 3.86. The number of hydrogen-bond acceptors (Lipinski definition) is 1. The summed E-state index contributed by atoms with van der Waals surface area (Å²) in [5.74, 6) is -0.219. The van der Waals surface area contributed by atoms with Crippen molar-refractivity contribution in [2.75, 3.05) is 0 Å². The summed E-state index contributed by atoms with van der Waals surface area (Å²) >= 11 is 0. The topological polar surface area (TPSA) is 20.2 Å². The lowest BCUT2D eigenvalue weighted by atomic mass is 9.90. The van der Waals surface area contributed by atoms with Crippen molar-refractivity contribution in [1.82, 2.24) is 0 Å². The average Bonchev–Trinajstić information content (AvgIpc) is 3.03. The molecule has 0 unspecified atom stereocenters. The van der Waals surface area contributed by atoms with Crippen LogP contribution in [0, 0.1) is 5.41 Å². The number of halogens is 1. The van der Waals surface area contributed by atoms with Gasteiger partial charge in [0.1, 0.15) is 6.17 Å². The third-order valence-electron chi connectivity index (χ3n) is 4.31. The number of rotatable bonds is 3. The second-order valence-corrected chi connectivity index (χ2v) is 5.47. The van der Waals surface area contributed by atoms with Gasteiger partial charge in [0, 0.05) is 11.3 Å². The fraction of sp³-hybridized carbons (Fsp3) is 0.294. The molecule has 1 N–H and O–H groups in total. The number of hydrogen-bond donors (Lipinski definition) is 1. The van der Waals surface area contributed by atoms with Crippen molar-refractivity contribution in [2.45, 2.75) is 25.1 Å². The van der Waals surface area contributed by atoms with Gasteiger partial charge in [-0.15, -0.1) is 0 Å². The Labute approximate surface area is 112 Å². The van der Waals surface area contributed by atoms with Crippen LogP contribution in [0.25, 0.3) is 0 Å². The van der Waals surface area contributed by atoms with Crippen molar-refractivity contribution in [3.05, 3.63) is 71.8 Å². The molecule has 0 bridgehead atoms. The van der Waals surface area contributed by atoms with Crippen LogP contribution in [0.3, 0.4) is 0 Å². The minimum Gasteiger partial charge on any atom is -0.388 e. The van der Waals surface area contributed by atoms with E-state index in [1.165, 1.54) is 0 Å². The van der Waals surface area contributed by atoms with E-state index in [0.717, 1.165) is 11.1 Å². The molecule has 2 heteroatoms. The Morgan fingerprint density at radius 1 is 1.00 bits per heavy atom. The quantitative estimate of drug-likeness (QED) is 0.884. The first-order valence-electron chi connectivity index (χ1n) is 6.57. The Morgan fingerprint density at radius 3 is 2.11 bits per heavy atom. The third-order valence-corrected chi connectivity index (χ3v) is 4.31. The zero-order chi connectivity index (χ0) is 13.5. The van der Waals surface area contributed by atoms with Crippen molar-refractivity contribution in [3.8, 4) is 0 Å². The van der Waals surface area contributed by atoms with Crippen LogP contribution < -0.4 is 0 Å². The molecule has 1 aliphatic rings. The smallest absolute Gasteiger partial charge is 0.116 e. The normalized spacial score (nSPS) is 30.9. The first-order chi connectivity index (χ1) is 9.15. The summed E-state index contributed by atoms with van der Waals surface area (Å²) in [6.07, 6.45) is -1.76. The predicted molar refractivity (Wildman–Crippen MR) is 73.6 cm³/mol. The maximum atomic E-state index is 14.3. The summed E-state index contributed by atoms with van der Waals surface area (Å²) in [4.78, 5) is 0. The van der Waals surface area contributed by atoms with E-state index in [0.29, 0.717) is 0 Å². The largest absolute Gasteiger partial charge is 0.388 e. The van der Waals surface area contributed by atoms with Gasteiger partial charge in [0.25, 0.3) is 0 Å². The summed E-state index contributed by atoms with van der Waals surface area (Å²) in [6, 6.07) is 18.9. The van der Waals surface area contributed by atoms with Gasteiger partial charge in [-0.2, -0.15) is 0 Å². The van der Waals surface area contributed by atoms with Crippen LogP contribution >= 0.6 is 0 Å². The van der Waals surface area contributed by atoms with E-state index in [1.54, 1.807) is 0 Å². The lowest BCUT2D eigenvalue weighted by Crippen LogP contribution is -2.14. The average molecular weight is 256 g/mol. The molecular formula is C17H17FO. The van der Waals surface area contributed by atoms with Gasteiger partial charge in [0.05, 0.1) is 6.10 Å². The van der Waals surface area contributed by atoms with Crippen LogP contribution in [-0.4, -0.2) is 11.3 Å². The Balaban J connectivity index is 1.89. The molecule has 1 nitrogen and oxygen atoms in total. The third kappa shape index (κ3) is 1.87. The first kappa shape index (κ1) is 12.4. The molecule has 1 fully saturated rings. The van der Waals surface area contributed by atoms with Gasteiger partial charge in [0.15, 0.2) is 0 Å². The Hall–Kier alpha value is -1.67. The second kappa shape index (κ2) is 4.46. The summed E-state index contributed by atoms with van der Waals surface area (Å²) in [5.41, 5.74) is 1.03. The van der Waals surface area contributed by atoms with E-state index in [-0.39, 0.29) is 5.92 Å². The lowest BCUT2D eigenvalue weighted by molar-refractivity contribution is 0.0851. The van der Waals surface area contributed by atoms with E-state index in [9.17, 15) is 9.50 Å². The second-order valence-electron chi connectivity index (χ2n) is 5.47. The van der Waals surface area contributed by atoms with Gasteiger partial charge < -0.3 is 5.11 Å². The monoisotopic (exact) mass is 256 g/mol. The van der Waals surface area contributed by atoms with E-state index in [1.807, 2.05) is 67.6 Å². The van der Waals surface area contributed by atoms with Crippen LogP contribution in [0.2, 0.25) is 0 Å². The van der Waals surface area contributed by atoms with Crippen LogP contribution in [0.5, 0.6) is 0 Å². The fourth-order valence-corrected chi connectivity index (χ4v) is 2.98. The lowest BCUT2D eigenvalue weighted by Gasteiger charge is -2.19. The van der Waals surface area contributed by atoms with Crippen LogP contribution in [0.1, 0.15) is 30.1 Å². The molecule has 0 aliphatic heterocycles. The zero-order valence-corrected chi connectivity index (χ0v) is 10.8. The standard InChI is InChI=1S/C17H17FO/c1-17(16(19)13-10-6-3-7-11-13)14(15(17)18)12-8-4-2-5-9-12/h2-11,14-16,19H,1H3/t14-,15+,16-,17+/m0/s1. The molecule has 1 saturated carbocycles. The first-order valence-corrected chi connectivity index (χ1v) is 6.57. The van der Waals surface area contributed by atoms with Gasteiger partial charge in [-0.3, -0.25) is 0 Å². The molecule has 2 aromatic carbocycles. The summed E-state index contributed by atoms with van der Waals surface area (Å²) in [6.45, 7) is 1.83. The number of aliphatic hydroxyl groups is 1. The van der Waals surface area contributed by atoms with Crippen molar-refractivity contribution in [3.63, 3.8) is 0 Å². The van der Waals surface area contributed by atoms with Crippen LogP contribution in [0.4, 0.5) is 4.39 Å². The molecule has 2 aromatic rings. The molecule has 19 heavy (non-hydrogen) atoms. The van der Waals surface area contributed by atoms with Gasteiger partial charge in [-0.25, -0.2) is 4.39 Å². The molecule has 0 amide bonds. The Morgan fingerprint density at radius 2 is 1.53 bits per heavy atom. The minimum atomic E-state index is -0.995. The molecule has 0 spiro atoms. The molecule has 0 heterocycles. The van der Waals surface area contributed by atoms with Gasteiger partial charge in [0.2, 0.25) is 0 Å².